The van der Waals surface area contributed by atoms with Crippen LogP contribution in [0.5, 0.6) is 0 Å². The van der Waals surface area contributed by atoms with Crippen molar-refractivity contribution in [2.24, 2.45) is 5.73 Å². The van der Waals surface area contributed by atoms with Crippen molar-refractivity contribution in [3.63, 3.8) is 0 Å². The van der Waals surface area contributed by atoms with Crippen LogP contribution >= 0.6 is 0 Å². The van der Waals surface area contributed by atoms with E-state index in [0.29, 0.717) is 0 Å². The molecule has 12 heteroatoms. The van der Waals surface area contributed by atoms with Crippen LogP contribution in [0.15, 0.2) is 6.33 Å². The van der Waals surface area contributed by atoms with Crippen molar-refractivity contribution in [1.29, 1.82) is 0 Å². The number of aromatic nitrogens is 4. The van der Waals surface area contributed by atoms with Gasteiger partial charge in [-0.05, 0) is 6.92 Å². The summed E-state index contributed by atoms with van der Waals surface area (Å²) >= 11 is 0. The summed E-state index contributed by atoms with van der Waals surface area (Å²) in [5.41, 5.74) is 6.02. The van der Waals surface area contributed by atoms with Crippen LogP contribution in [-0.2, 0) is 9.57 Å². The maximum atomic E-state index is 11.8. The smallest absolute Gasteiger partial charge is 0.270 e. The number of rotatable bonds is 5. The molecule has 1 fully saturated rings. The lowest BCUT2D eigenvalue weighted by Gasteiger charge is -2.26. The lowest BCUT2D eigenvalue weighted by atomic mass is 9.97. The second-order valence-electron chi connectivity index (χ2n) is 5.76. The zero-order valence-electron chi connectivity index (χ0n) is 13.4. The fourth-order valence-corrected chi connectivity index (χ4v) is 2.83. The monoisotopic (exact) mass is 354 g/mol. The molecule has 1 aliphatic heterocycles. The van der Waals surface area contributed by atoms with Gasteiger partial charge in [0.1, 0.15) is 24.1 Å². The number of nitrogens with one attached hydrogen (secondary N) is 1. The van der Waals surface area contributed by atoms with Crippen molar-refractivity contribution in [3.05, 3.63) is 12.0 Å². The van der Waals surface area contributed by atoms with Gasteiger partial charge in [-0.25, -0.2) is 20.1 Å². The molecule has 25 heavy (non-hydrogen) atoms. The molecule has 3 rings (SSSR count). The number of amides is 1. The molecular formula is C13H18N6O6. The van der Waals surface area contributed by atoms with Gasteiger partial charge in [-0.2, -0.15) is 5.10 Å². The number of fused-ring (bicyclic) bond motifs is 1. The Balaban J connectivity index is 2.21. The van der Waals surface area contributed by atoms with Gasteiger partial charge in [-0.1, -0.05) is 0 Å². The molecule has 1 amide bonds. The van der Waals surface area contributed by atoms with E-state index in [9.17, 15) is 20.1 Å². The maximum Gasteiger partial charge on any atom is 0.270 e. The molecule has 0 aliphatic carbocycles. The van der Waals surface area contributed by atoms with Crippen LogP contribution in [-0.4, -0.2) is 72.5 Å². The number of ether oxygens (including phenoxy) is 1. The second-order valence-corrected chi connectivity index (χ2v) is 5.76. The van der Waals surface area contributed by atoms with E-state index in [0.717, 1.165) is 4.68 Å². The van der Waals surface area contributed by atoms with Gasteiger partial charge >= 0.3 is 0 Å². The van der Waals surface area contributed by atoms with Gasteiger partial charge in [0.2, 0.25) is 0 Å². The molecule has 0 bridgehead atoms. The third-order valence-corrected chi connectivity index (χ3v) is 4.08. The van der Waals surface area contributed by atoms with Gasteiger partial charge in [-0.15, -0.1) is 0 Å². The number of anilines is 1. The molecule has 1 saturated heterocycles. The minimum atomic E-state index is -1.80. The highest BCUT2D eigenvalue weighted by molar-refractivity contribution is 6.07. The van der Waals surface area contributed by atoms with Gasteiger partial charge in [0, 0.05) is 0 Å². The number of primary amides is 1. The number of nitrogens with two attached hydrogens (primary N) is 1. The number of hydrogen-bond donors (Lipinski definition) is 5. The van der Waals surface area contributed by atoms with Crippen molar-refractivity contribution < 1.29 is 29.7 Å². The largest absolute Gasteiger partial charge is 0.394 e. The second kappa shape index (κ2) is 6.16. The average molecular weight is 354 g/mol. The predicted octanol–water partition coefficient (Wildman–Crippen LogP) is -2.10. The average Bonchev–Trinajstić information content (AvgIpc) is 3.05. The normalized spacial score (nSPS) is 29.2. The first-order valence-electron chi connectivity index (χ1n) is 7.31. The highest BCUT2D eigenvalue weighted by atomic mass is 16.6. The fourth-order valence-electron chi connectivity index (χ4n) is 2.83. The quantitative estimate of drug-likeness (QED) is 0.373. The Labute approximate surface area is 141 Å². The highest BCUT2D eigenvalue weighted by Crippen LogP contribution is 2.39. The molecule has 0 aromatic carbocycles. The zero-order chi connectivity index (χ0) is 18.4. The zero-order valence-corrected chi connectivity index (χ0v) is 13.4. The summed E-state index contributed by atoms with van der Waals surface area (Å²) < 4.78 is 6.63. The SMILES string of the molecule is CONc1ncnc2c1c(C(N)=O)nn2C1OC(CO)C(O)[C@@]1(C)O. The van der Waals surface area contributed by atoms with Crippen molar-refractivity contribution in [3.8, 4) is 0 Å². The van der Waals surface area contributed by atoms with E-state index in [-0.39, 0.29) is 22.5 Å². The van der Waals surface area contributed by atoms with Crippen molar-refractivity contribution >= 4 is 22.8 Å². The van der Waals surface area contributed by atoms with Crippen LogP contribution in [0.25, 0.3) is 11.0 Å². The Morgan fingerprint density at radius 1 is 1.56 bits per heavy atom. The number of aliphatic hydroxyl groups is 3. The molecule has 2 aromatic heterocycles. The van der Waals surface area contributed by atoms with E-state index >= 15 is 0 Å². The summed E-state index contributed by atoms with van der Waals surface area (Å²) in [7, 11) is 1.36. The van der Waals surface area contributed by atoms with Crippen molar-refractivity contribution in [2.45, 2.75) is 31.0 Å². The van der Waals surface area contributed by atoms with Gasteiger partial charge in [0.15, 0.2) is 23.4 Å². The third-order valence-electron chi connectivity index (χ3n) is 4.08. The first kappa shape index (κ1) is 17.4. The fraction of sp³-hybridized carbons (Fsp3) is 0.538. The lowest BCUT2D eigenvalue weighted by molar-refractivity contribution is -0.100. The van der Waals surface area contributed by atoms with E-state index in [1.165, 1.54) is 20.4 Å². The summed E-state index contributed by atoms with van der Waals surface area (Å²) in [6, 6.07) is 0. The third kappa shape index (κ3) is 2.60. The topological polar surface area (TPSA) is 178 Å². The minimum Gasteiger partial charge on any atom is -0.394 e. The molecule has 3 heterocycles. The summed E-state index contributed by atoms with van der Waals surface area (Å²) in [4.78, 5) is 24.6. The molecule has 0 spiro atoms. The molecule has 136 valence electrons. The van der Waals surface area contributed by atoms with Crippen LogP contribution in [0.3, 0.4) is 0 Å². The van der Waals surface area contributed by atoms with Crippen molar-refractivity contribution in [1.82, 2.24) is 19.7 Å². The maximum absolute atomic E-state index is 11.8. The number of hydrogen-bond acceptors (Lipinski definition) is 10. The van der Waals surface area contributed by atoms with Gasteiger partial charge < -0.3 is 25.8 Å². The van der Waals surface area contributed by atoms with E-state index < -0.39 is 36.6 Å². The number of aliphatic hydroxyl groups excluding tert-OH is 2. The molecular weight excluding hydrogens is 336 g/mol. The van der Waals surface area contributed by atoms with E-state index in [1.807, 2.05) is 0 Å². The lowest BCUT2D eigenvalue weighted by Crippen LogP contribution is -2.44. The summed E-state index contributed by atoms with van der Waals surface area (Å²) in [6.07, 6.45) is -2.44. The molecule has 2 aromatic rings. The summed E-state index contributed by atoms with van der Waals surface area (Å²) in [5, 5.41) is 34.3. The molecule has 6 N–H and O–H groups in total. The van der Waals surface area contributed by atoms with Gasteiger partial charge in [0.05, 0.1) is 19.1 Å². The van der Waals surface area contributed by atoms with E-state index in [4.69, 9.17) is 15.3 Å². The van der Waals surface area contributed by atoms with E-state index in [2.05, 4.69) is 20.5 Å². The molecule has 0 radical (unpaired) electrons. The van der Waals surface area contributed by atoms with Crippen LogP contribution in [0.1, 0.15) is 23.6 Å². The molecule has 12 nitrogen and oxygen atoms in total. The first-order chi connectivity index (χ1) is 11.8. The Kier molecular flexibility index (Phi) is 4.30. The van der Waals surface area contributed by atoms with Crippen LogP contribution in [0.2, 0.25) is 0 Å². The van der Waals surface area contributed by atoms with E-state index in [1.54, 1.807) is 0 Å². The Morgan fingerprint density at radius 3 is 2.84 bits per heavy atom. The van der Waals surface area contributed by atoms with Gasteiger partial charge in [-0.3, -0.25) is 9.63 Å². The number of carbonyl (C=O) groups is 1. The van der Waals surface area contributed by atoms with Gasteiger partial charge in [0.25, 0.3) is 5.91 Å². The summed E-state index contributed by atoms with van der Waals surface area (Å²) in [5.74, 6) is -0.709. The Hall–Kier alpha value is -2.38. The number of carbonyl (C=O) groups excluding carboxylic acids is 1. The van der Waals surface area contributed by atoms with Crippen molar-refractivity contribution in [2.75, 3.05) is 19.2 Å². The van der Waals surface area contributed by atoms with Crippen LogP contribution in [0.4, 0.5) is 5.82 Å². The van der Waals surface area contributed by atoms with Crippen LogP contribution < -0.4 is 11.2 Å². The minimum absolute atomic E-state index is 0.124. The number of nitrogens with zero attached hydrogens (tertiary/aromatic N) is 4. The van der Waals surface area contributed by atoms with Crippen LogP contribution in [0, 0.1) is 0 Å². The first-order valence-corrected chi connectivity index (χ1v) is 7.31. The Bertz CT molecular complexity index is 808. The Morgan fingerprint density at radius 2 is 2.28 bits per heavy atom. The predicted molar refractivity (Wildman–Crippen MR) is 82.1 cm³/mol. The highest BCUT2D eigenvalue weighted by Gasteiger charge is 2.54. The molecule has 0 saturated carbocycles. The molecule has 4 atom stereocenters. The standard InChI is InChI=1S/C13H18N6O6/c1-13(23)8(21)5(3-20)25-12(13)19-11-6(7(17-19)9(14)22)10(18-24-2)15-4-16-11/h4-5,8,12,20-21,23H,3H2,1-2H3,(H2,14,22)(H,15,16,18)/t5?,8?,12?,13-/m1/s1. The molecule has 1 aliphatic rings. The summed E-state index contributed by atoms with van der Waals surface area (Å²) in [6.45, 7) is 0.812. The molecule has 3 unspecified atom stereocenters.